The molecule has 0 spiro atoms. The van der Waals surface area contributed by atoms with E-state index in [0.29, 0.717) is 24.2 Å². The van der Waals surface area contributed by atoms with Crippen molar-refractivity contribution in [1.29, 1.82) is 0 Å². The molecule has 0 aliphatic carbocycles. The van der Waals surface area contributed by atoms with Crippen molar-refractivity contribution in [3.8, 4) is 0 Å². The van der Waals surface area contributed by atoms with Crippen LogP contribution in [0.25, 0.3) is 11.2 Å². The number of amides is 1. The van der Waals surface area contributed by atoms with Gasteiger partial charge >= 0.3 is 0 Å². The molecule has 0 saturated carbocycles. The van der Waals surface area contributed by atoms with Crippen LogP contribution in [0.3, 0.4) is 0 Å². The third kappa shape index (κ3) is 4.80. The maximum Gasteiger partial charge on any atom is 0.253 e. The fourth-order valence-corrected chi connectivity index (χ4v) is 3.31. The van der Waals surface area contributed by atoms with Crippen molar-refractivity contribution in [2.45, 2.75) is 25.0 Å². The number of rotatable bonds is 5. The normalized spacial score (nSPS) is 18.3. The highest BCUT2D eigenvalue weighted by Gasteiger charge is 2.25. The molecule has 3 aromatic rings. The summed E-state index contributed by atoms with van der Waals surface area (Å²) in [5.74, 6) is -0.164. The first kappa shape index (κ1) is 22.1. The van der Waals surface area contributed by atoms with Gasteiger partial charge in [-0.1, -0.05) is 30.3 Å². The van der Waals surface area contributed by atoms with Gasteiger partial charge in [-0.3, -0.25) is 4.79 Å². The molecular weight excluding hydrogens is 401 g/mol. The van der Waals surface area contributed by atoms with Gasteiger partial charge in [-0.25, -0.2) is 9.97 Å². The van der Waals surface area contributed by atoms with Gasteiger partial charge in [0.15, 0.2) is 5.65 Å². The van der Waals surface area contributed by atoms with Crippen molar-refractivity contribution >= 4 is 41.9 Å². The Kier molecular flexibility index (Phi) is 7.77. The van der Waals surface area contributed by atoms with Gasteiger partial charge < -0.3 is 20.3 Å². The molecule has 2 aromatic heterocycles. The molecule has 7 nitrogen and oxygen atoms in total. The fourth-order valence-electron chi connectivity index (χ4n) is 3.31. The van der Waals surface area contributed by atoms with Gasteiger partial charge in [-0.15, -0.1) is 24.8 Å². The number of hydrogen-bond acceptors (Lipinski definition) is 5. The lowest BCUT2D eigenvalue weighted by Gasteiger charge is -2.11. The standard InChI is InChI=1S/C19H21N5O2.2ClH/c25-11-16-7-15(9-20-16)23-19(26)14-6-17-18(21-8-14)24(12-22-17)10-13-4-2-1-3-5-13;;/h1-6,8,12,15-16,20,25H,7,9-11H2,(H,23,26);2*1H/t15-,16+;;/m0../s1. The van der Waals surface area contributed by atoms with Crippen LogP contribution >= 0.6 is 24.8 Å². The number of halogens is 2. The lowest BCUT2D eigenvalue weighted by Crippen LogP contribution is -2.36. The van der Waals surface area contributed by atoms with Crippen molar-refractivity contribution in [1.82, 2.24) is 25.2 Å². The zero-order valence-corrected chi connectivity index (χ0v) is 16.7. The molecule has 150 valence electrons. The van der Waals surface area contributed by atoms with Crippen LogP contribution in [0.15, 0.2) is 48.9 Å². The van der Waals surface area contributed by atoms with E-state index >= 15 is 0 Å². The van der Waals surface area contributed by atoms with Crippen molar-refractivity contribution in [3.63, 3.8) is 0 Å². The number of carbonyl (C=O) groups is 1. The van der Waals surface area contributed by atoms with E-state index in [1.54, 1.807) is 18.6 Å². The number of fused-ring (bicyclic) bond motifs is 1. The lowest BCUT2D eigenvalue weighted by molar-refractivity contribution is 0.0939. The van der Waals surface area contributed by atoms with Gasteiger partial charge in [0.1, 0.15) is 5.52 Å². The quantitative estimate of drug-likeness (QED) is 0.581. The second-order valence-electron chi connectivity index (χ2n) is 6.62. The second kappa shape index (κ2) is 9.84. The van der Waals surface area contributed by atoms with Crippen molar-refractivity contribution in [2.75, 3.05) is 13.2 Å². The molecule has 28 heavy (non-hydrogen) atoms. The van der Waals surface area contributed by atoms with E-state index in [4.69, 9.17) is 5.11 Å². The molecule has 0 radical (unpaired) electrons. The summed E-state index contributed by atoms with van der Waals surface area (Å²) in [5, 5.41) is 15.3. The molecule has 1 fully saturated rings. The van der Waals surface area contributed by atoms with Crippen molar-refractivity contribution < 1.29 is 9.90 Å². The van der Waals surface area contributed by atoms with Crippen LogP contribution in [0.4, 0.5) is 0 Å². The number of nitrogens with one attached hydrogen (secondary N) is 2. The molecule has 3 heterocycles. The maximum atomic E-state index is 12.5. The molecule has 4 rings (SSSR count). The highest BCUT2D eigenvalue weighted by atomic mass is 35.5. The molecule has 0 unspecified atom stereocenters. The topological polar surface area (TPSA) is 92.1 Å². The monoisotopic (exact) mass is 423 g/mol. The van der Waals surface area contributed by atoms with Gasteiger partial charge in [0.05, 0.1) is 25.0 Å². The third-order valence-corrected chi connectivity index (χ3v) is 4.69. The largest absolute Gasteiger partial charge is 0.395 e. The van der Waals surface area contributed by atoms with E-state index in [0.717, 1.165) is 12.1 Å². The third-order valence-electron chi connectivity index (χ3n) is 4.69. The Balaban J connectivity index is 0.00000140. The summed E-state index contributed by atoms with van der Waals surface area (Å²) in [4.78, 5) is 21.3. The van der Waals surface area contributed by atoms with Crippen molar-refractivity contribution in [2.24, 2.45) is 0 Å². The molecule has 1 saturated heterocycles. The van der Waals surface area contributed by atoms with Crippen LogP contribution < -0.4 is 10.6 Å². The first-order valence-corrected chi connectivity index (χ1v) is 8.73. The Morgan fingerprint density at radius 2 is 2.04 bits per heavy atom. The van der Waals surface area contributed by atoms with Gasteiger partial charge in [-0.05, 0) is 18.1 Å². The summed E-state index contributed by atoms with van der Waals surface area (Å²) in [6, 6.07) is 12.0. The Morgan fingerprint density at radius 3 is 2.75 bits per heavy atom. The second-order valence-corrected chi connectivity index (χ2v) is 6.62. The number of hydrogen-bond donors (Lipinski definition) is 3. The van der Waals surface area contributed by atoms with Crippen LogP contribution in [0.5, 0.6) is 0 Å². The summed E-state index contributed by atoms with van der Waals surface area (Å²) in [6.45, 7) is 1.43. The highest BCUT2D eigenvalue weighted by Crippen LogP contribution is 2.15. The number of aliphatic hydroxyl groups excluding tert-OH is 1. The van der Waals surface area contributed by atoms with E-state index in [2.05, 4.69) is 32.7 Å². The zero-order chi connectivity index (χ0) is 17.9. The summed E-state index contributed by atoms with van der Waals surface area (Å²) in [6.07, 6.45) is 4.06. The maximum absolute atomic E-state index is 12.5. The van der Waals surface area contributed by atoms with E-state index in [1.165, 1.54) is 5.56 Å². The Morgan fingerprint density at radius 1 is 1.25 bits per heavy atom. The molecule has 0 bridgehead atoms. The minimum absolute atomic E-state index is 0. The summed E-state index contributed by atoms with van der Waals surface area (Å²) >= 11 is 0. The summed E-state index contributed by atoms with van der Waals surface area (Å²) < 4.78 is 1.97. The van der Waals surface area contributed by atoms with E-state index in [1.807, 2.05) is 22.8 Å². The molecular formula is C19H23Cl2N5O2. The minimum Gasteiger partial charge on any atom is -0.395 e. The number of pyridine rings is 1. The average molecular weight is 424 g/mol. The van der Waals surface area contributed by atoms with E-state index in [9.17, 15) is 4.79 Å². The van der Waals surface area contributed by atoms with Gasteiger partial charge in [0, 0.05) is 24.8 Å². The van der Waals surface area contributed by atoms with Crippen LogP contribution in [0.2, 0.25) is 0 Å². The molecule has 2 atom stereocenters. The lowest BCUT2D eigenvalue weighted by atomic mass is 10.1. The van der Waals surface area contributed by atoms with Crippen molar-refractivity contribution in [3.05, 3.63) is 60.0 Å². The SMILES string of the molecule is Cl.Cl.O=C(N[C@@H]1CN[C@@H](CO)C1)c1cnc2c(c1)ncn2Cc1ccccc1. The minimum atomic E-state index is -0.164. The number of imidazole rings is 1. The number of benzene rings is 1. The summed E-state index contributed by atoms with van der Waals surface area (Å²) in [5.41, 5.74) is 3.12. The van der Waals surface area contributed by atoms with Crippen LogP contribution in [-0.2, 0) is 6.54 Å². The molecule has 1 aliphatic heterocycles. The van der Waals surface area contributed by atoms with Crippen LogP contribution in [0, 0.1) is 0 Å². The van der Waals surface area contributed by atoms with Gasteiger partial charge in [0.2, 0.25) is 0 Å². The van der Waals surface area contributed by atoms with Crippen LogP contribution in [0.1, 0.15) is 22.3 Å². The first-order valence-electron chi connectivity index (χ1n) is 8.73. The predicted molar refractivity (Wildman–Crippen MR) is 112 cm³/mol. The molecule has 1 amide bonds. The van der Waals surface area contributed by atoms with Gasteiger partial charge in [0.25, 0.3) is 5.91 Å². The Labute approximate surface area is 175 Å². The van der Waals surface area contributed by atoms with E-state index in [-0.39, 0.29) is 49.4 Å². The average Bonchev–Trinajstić information content (AvgIpc) is 3.29. The van der Waals surface area contributed by atoms with E-state index < -0.39 is 0 Å². The molecule has 9 heteroatoms. The predicted octanol–water partition coefficient (Wildman–Crippen LogP) is 1.78. The van der Waals surface area contributed by atoms with Gasteiger partial charge in [-0.2, -0.15) is 0 Å². The number of aliphatic hydroxyl groups is 1. The smallest absolute Gasteiger partial charge is 0.253 e. The first-order chi connectivity index (χ1) is 12.7. The summed E-state index contributed by atoms with van der Waals surface area (Å²) in [7, 11) is 0. The zero-order valence-electron chi connectivity index (χ0n) is 15.1. The highest BCUT2D eigenvalue weighted by molar-refractivity contribution is 5.96. The molecule has 1 aliphatic rings. The Bertz CT molecular complexity index is 919. The Hall–Kier alpha value is -2.19. The number of carbonyl (C=O) groups excluding carboxylic acids is 1. The number of aromatic nitrogens is 3. The number of nitrogens with zero attached hydrogens (tertiary/aromatic N) is 3. The molecule has 1 aromatic carbocycles. The molecule has 3 N–H and O–H groups in total. The van der Waals surface area contributed by atoms with Crippen LogP contribution in [-0.4, -0.2) is 50.8 Å². The fraction of sp³-hybridized carbons (Fsp3) is 0.316.